The highest BCUT2D eigenvalue weighted by molar-refractivity contribution is 7.91. The summed E-state index contributed by atoms with van der Waals surface area (Å²) in [6.07, 6.45) is 3.37. The van der Waals surface area contributed by atoms with Gasteiger partial charge in [-0.05, 0) is 43.4 Å². The van der Waals surface area contributed by atoms with Crippen LogP contribution in [0.5, 0.6) is 0 Å². The van der Waals surface area contributed by atoms with Gasteiger partial charge in [0.25, 0.3) is 0 Å². The maximum Gasteiger partial charge on any atom is 0.223 e. The second-order valence-electron chi connectivity index (χ2n) is 7.76. The topological polar surface area (TPSA) is 83.1 Å². The molecule has 0 atom stereocenters. The molecule has 30 heavy (non-hydrogen) atoms. The van der Waals surface area contributed by atoms with Crippen LogP contribution < -0.4 is 0 Å². The highest BCUT2D eigenvalue weighted by Gasteiger charge is 2.27. The van der Waals surface area contributed by atoms with E-state index in [4.69, 9.17) is 11.6 Å². The van der Waals surface area contributed by atoms with Crippen LogP contribution in [0.3, 0.4) is 0 Å². The summed E-state index contributed by atoms with van der Waals surface area (Å²) in [7, 11) is -3.59. The average Bonchev–Trinajstić information content (AvgIpc) is 3.17. The van der Waals surface area contributed by atoms with Gasteiger partial charge in [-0.15, -0.1) is 0 Å². The predicted molar refractivity (Wildman–Crippen MR) is 118 cm³/mol. The number of imidazole rings is 1. The summed E-state index contributed by atoms with van der Waals surface area (Å²) in [6.45, 7) is 3.26. The van der Waals surface area contributed by atoms with Crippen molar-refractivity contribution in [2.24, 2.45) is 0 Å². The highest BCUT2D eigenvalue weighted by atomic mass is 35.5. The third kappa shape index (κ3) is 4.23. The highest BCUT2D eigenvalue weighted by Crippen LogP contribution is 2.29. The van der Waals surface area contributed by atoms with E-state index < -0.39 is 9.84 Å². The number of rotatable bonds is 5. The molecule has 1 aliphatic rings. The van der Waals surface area contributed by atoms with Crippen LogP contribution in [-0.4, -0.2) is 48.0 Å². The molecule has 1 fully saturated rings. The van der Waals surface area contributed by atoms with Gasteiger partial charge in [0.1, 0.15) is 0 Å². The number of aromatic amines is 1. The molecule has 1 aromatic heterocycles. The van der Waals surface area contributed by atoms with Gasteiger partial charge in [0.05, 0.1) is 22.7 Å². The van der Waals surface area contributed by atoms with Gasteiger partial charge < -0.3 is 9.88 Å². The van der Waals surface area contributed by atoms with Crippen LogP contribution in [0.2, 0.25) is 5.02 Å². The molecule has 0 unspecified atom stereocenters. The monoisotopic (exact) mass is 445 g/mol. The number of aromatic nitrogens is 2. The lowest BCUT2D eigenvalue weighted by Crippen LogP contribution is -2.38. The number of hydrogen-bond donors (Lipinski definition) is 1. The van der Waals surface area contributed by atoms with Crippen molar-refractivity contribution >= 4 is 38.1 Å². The summed E-state index contributed by atoms with van der Waals surface area (Å²) in [5.41, 5.74) is 2.14. The average molecular weight is 446 g/mol. The third-order valence-corrected chi connectivity index (χ3v) is 7.83. The number of carbonyl (C=O) groups is 1. The molecule has 2 heterocycles. The largest absolute Gasteiger partial charge is 0.348 e. The Morgan fingerprint density at radius 2 is 2.00 bits per heavy atom. The molecule has 6 nitrogen and oxygen atoms in total. The van der Waals surface area contributed by atoms with Gasteiger partial charge >= 0.3 is 0 Å². The molecule has 3 aromatic rings. The van der Waals surface area contributed by atoms with Gasteiger partial charge in [0.15, 0.2) is 9.84 Å². The maximum atomic E-state index is 12.9. The van der Waals surface area contributed by atoms with Crippen molar-refractivity contribution < 1.29 is 13.2 Å². The molecule has 2 aromatic carbocycles. The van der Waals surface area contributed by atoms with Crippen molar-refractivity contribution in [3.05, 3.63) is 59.1 Å². The first-order valence-corrected chi connectivity index (χ1v) is 12.1. The molecule has 1 aliphatic heterocycles. The van der Waals surface area contributed by atoms with Crippen LogP contribution in [0, 0.1) is 6.92 Å². The van der Waals surface area contributed by atoms with Gasteiger partial charge in [-0.2, -0.15) is 0 Å². The number of carbonyl (C=O) groups excluding carboxylic acids is 1. The first-order valence-electron chi connectivity index (χ1n) is 10.0. The Labute approximate surface area is 181 Å². The van der Waals surface area contributed by atoms with E-state index >= 15 is 0 Å². The maximum absolute atomic E-state index is 12.9. The summed E-state index contributed by atoms with van der Waals surface area (Å²) in [5.74, 6) is 0.0250. The number of aryl methyl sites for hydroxylation is 1. The number of piperidine rings is 1. The normalized spacial score (nSPS) is 15.6. The SMILES string of the molecule is Cc1[nH]cnc1C1CCN(C(=O)CCS(=O)(=O)c2cccc3cc(Cl)ccc23)CC1. The van der Waals surface area contributed by atoms with Crippen LogP contribution in [0.1, 0.15) is 36.6 Å². The molecule has 0 saturated carbocycles. The lowest BCUT2D eigenvalue weighted by molar-refractivity contribution is -0.131. The number of hydrogen-bond acceptors (Lipinski definition) is 4. The summed E-state index contributed by atoms with van der Waals surface area (Å²) < 4.78 is 25.9. The van der Waals surface area contributed by atoms with Crippen LogP contribution in [0.15, 0.2) is 47.6 Å². The fourth-order valence-corrected chi connectivity index (χ4v) is 5.82. The summed E-state index contributed by atoms with van der Waals surface area (Å²) in [4.78, 5) is 22.2. The van der Waals surface area contributed by atoms with E-state index in [-0.39, 0.29) is 23.0 Å². The Kier molecular flexibility index (Phi) is 5.84. The number of amides is 1. The lowest BCUT2D eigenvalue weighted by Gasteiger charge is -2.31. The lowest BCUT2D eigenvalue weighted by atomic mass is 9.92. The molecule has 1 amide bonds. The van der Waals surface area contributed by atoms with E-state index in [2.05, 4.69) is 9.97 Å². The quantitative estimate of drug-likeness (QED) is 0.641. The van der Waals surface area contributed by atoms with Crippen LogP contribution >= 0.6 is 11.6 Å². The van der Waals surface area contributed by atoms with Gasteiger partial charge in [-0.25, -0.2) is 13.4 Å². The number of nitrogens with one attached hydrogen (secondary N) is 1. The van der Waals surface area contributed by atoms with Crippen molar-refractivity contribution in [3.63, 3.8) is 0 Å². The fraction of sp³-hybridized carbons (Fsp3) is 0.364. The van der Waals surface area contributed by atoms with Crippen molar-refractivity contribution in [2.45, 2.75) is 37.0 Å². The van der Waals surface area contributed by atoms with Gasteiger partial charge in [0.2, 0.25) is 5.91 Å². The second kappa shape index (κ2) is 8.40. The minimum atomic E-state index is -3.59. The molecule has 158 valence electrons. The van der Waals surface area contributed by atoms with Crippen molar-refractivity contribution in [3.8, 4) is 0 Å². The van der Waals surface area contributed by atoms with Gasteiger partial charge in [-0.3, -0.25) is 4.79 Å². The standard InChI is InChI=1S/C22H24ClN3O3S/c1-15-22(25-14-24-15)16-7-10-26(11-8-16)21(27)9-12-30(28,29)20-4-2-3-17-13-18(23)5-6-19(17)20/h2-6,13-14,16H,7-12H2,1H3,(H,24,25). The summed E-state index contributed by atoms with van der Waals surface area (Å²) in [5, 5.41) is 1.95. The Hall–Kier alpha value is -2.38. The Morgan fingerprint density at radius 3 is 2.70 bits per heavy atom. The molecule has 1 saturated heterocycles. The zero-order valence-corrected chi connectivity index (χ0v) is 18.3. The molecule has 4 rings (SSSR count). The fourth-order valence-electron chi connectivity index (χ4n) is 4.17. The first kappa shape index (κ1) is 20.9. The molecule has 0 aliphatic carbocycles. The van der Waals surface area contributed by atoms with E-state index in [1.54, 1.807) is 41.6 Å². The third-order valence-electron chi connectivity index (χ3n) is 5.83. The van der Waals surface area contributed by atoms with Crippen LogP contribution in [0.25, 0.3) is 10.8 Å². The number of fused-ring (bicyclic) bond motifs is 1. The predicted octanol–water partition coefficient (Wildman–Crippen LogP) is 4.09. The molecule has 1 N–H and O–H groups in total. The minimum absolute atomic E-state index is 0.0155. The molecule has 8 heteroatoms. The Bertz CT molecular complexity index is 1180. The molecular formula is C22H24ClN3O3S. The second-order valence-corrected chi connectivity index (χ2v) is 10.3. The van der Waals surface area contributed by atoms with E-state index in [9.17, 15) is 13.2 Å². The van der Waals surface area contributed by atoms with E-state index in [0.29, 0.717) is 29.4 Å². The number of H-pyrrole nitrogens is 1. The van der Waals surface area contributed by atoms with E-state index in [0.717, 1.165) is 29.6 Å². The van der Waals surface area contributed by atoms with Crippen molar-refractivity contribution in [1.29, 1.82) is 0 Å². The zero-order valence-electron chi connectivity index (χ0n) is 16.8. The molecular weight excluding hydrogens is 422 g/mol. The van der Waals surface area contributed by atoms with Crippen LogP contribution in [-0.2, 0) is 14.6 Å². The molecule has 0 spiro atoms. The summed E-state index contributed by atoms with van der Waals surface area (Å²) >= 11 is 6.02. The molecule has 0 bridgehead atoms. The number of likely N-dealkylation sites (tertiary alicyclic amines) is 1. The van der Waals surface area contributed by atoms with Gasteiger partial charge in [0, 0.05) is 41.5 Å². The van der Waals surface area contributed by atoms with Gasteiger partial charge in [-0.1, -0.05) is 29.8 Å². The first-order chi connectivity index (χ1) is 14.3. The van der Waals surface area contributed by atoms with Crippen molar-refractivity contribution in [2.75, 3.05) is 18.8 Å². The van der Waals surface area contributed by atoms with Crippen LogP contribution in [0.4, 0.5) is 0 Å². The zero-order chi connectivity index (χ0) is 21.3. The van der Waals surface area contributed by atoms with E-state index in [1.807, 2.05) is 13.0 Å². The Morgan fingerprint density at radius 1 is 1.23 bits per heavy atom. The molecule has 0 radical (unpaired) electrons. The number of halogens is 1. The number of sulfone groups is 1. The minimum Gasteiger partial charge on any atom is -0.348 e. The van der Waals surface area contributed by atoms with Crippen molar-refractivity contribution in [1.82, 2.24) is 14.9 Å². The summed E-state index contributed by atoms with van der Waals surface area (Å²) in [6, 6.07) is 10.3. The Balaban J connectivity index is 1.40. The number of benzene rings is 2. The van der Waals surface area contributed by atoms with E-state index in [1.165, 1.54) is 0 Å². The smallest absolute Gasteiger partial charge is 0.223 e. The number of nitrogens with zero attached hydrogens (tertiary/aromatic N) is 2.